The van der Waals surface area contributed by atoms with E-state index in [2.05, 4.69) is 13.3 Å². The predicted octanol–water partition coefficient (Wildman–Crippen LogP) is 1.23. The van der Waals surface area contributed by atoms with Crippen LogP contribution in [0.2, 0.25) is 0 Å². The van der Waals surface area contributed by atoms with Gasteiger partial charge in [0.05, 0.1) is 0 Å². The van der Waals surface area contributed by atoms with Crippen molar-refractivity contribution in [2.24, 2.45) is 11.8 Å². The molecule has 0 aliphatic heterocycles. The van der Waals surface area contributed by atoms with Gasteiger partial charge in [0.2, 0.25) is 0 Å². The fraction of sp³-hybridized carbons (Fsp3) is 0.857. The van der Waals surface area contributed by atoms with E-state index in [0.717, 1.165) is 5.92 Å². The zero-order chi connectivity index (χ0) is 5.98. The number of rotatable bonds is 1. The summed E-state index contributed by atoms with van der Waals surface area (Å²) in [5.74, 6) is 1.32. The summed E-state index contributed by atoms with van der Waals surface area (Å²) in [4.78, 5) is 0. The monoisotopic (exact) mass is 202 g/mol. The maximum Gasteiger partial charge on any atom is 3.00 e. The van der Waals surface area contributed by atoms with Gasteiger partial charge < -0.3 is 11.5 Å². The third kappa shape index (κ3) is 3.11. The minimum absolute atomic E-state index is 0. The van der Waals surface area contributed by atoms with Gasteiger partial charge in [-0.15, -0.1) is 5.92 Å². The van der Waals surface area contributed by atoms with Gasteiger partial charge in [0.15, 0.2) is 0 Å². The van der Waals surface area contributed by atoms with E-state index in [0.29, 0.717) is 12.5 Å². The summed E-state index contributed by atoms with van der Waals surface area (Å²) in [6.07, 6.45) is 4.62. The smallest absolute Gasteiger partial charge is 0.399 e. The zero-order valence-electron chi connectivity index (χ0n) is 5.88. The average Bonchev–Trinajstić information content (AvgIpc) is 2.14. The van der Waals surface area contributed by atoms with Crippen molar-refractivity contribution in [3.05, 3.63) is 6.42 Å². The van der Waals surface area contributed by atoms with Crippen molar-refractivity contribution in [2.75, 3.05) is 6.61 Å². The summed E-state index contributed by atoms with van der Waals surface area (Å²) in [5, 5.41) is 8.65. The molecule has 0 saturated heterocycles. The summed E-state index contributed by atoms with van der Waals surface area (Å²) in [6, 6.07) is 0. The van der Waals surface area contributed by atoms with Gasteiger partial charge in [-0.25, -0.2) is 0 Å². The number of aliphatic hydroxyl groups excluding tert-OH is 1. The Bertz CT molecular complexity index is 75.3. The summed E-state index contributed by atoms with van der Waals surface area (Å²) in [7, 11) is 0. The Labute approximate surface area is 82.1 Å². The molecule has 0 amide bonds. The molecule has 9 heavy (non-hydrogen) atoms. The van der Waals surface area contributed by atoms with E-state index in [1.807, 2.05) is 0 Å². The van der Waals surface area contributed by atoms with Crippen LogP contribution in [0.3, 0.4) is 0 Å². The zero-order valence-corrected chi connectivity index (χ0v) is 8.72. The van der Waals surface area contributed by atoms with E-state index in [4.69, 9.17) is 5.11 Å². The topological polar surface area (TPSA) is 20.2 Å². The largest absolute Gasteiger partial charge is 3.00 e. The van der Waals surface area contributed by atoms with E-state index < -0.39 is 0 Å². The molecule has 48 valence electrons. The fourth-order valence-electron chi connectivity index (χ4n) is 1.28. The van der Waals surface area contributed by atoms with E-state index in [1.165, 1.54) is 12.8 Å². The van der Waals surface area contributed by atoms with Gasteiger partial charge in [0, 0.05) is 6.61 Å². The summed E-state index contributed by atoms with van der Waals surface area (Å²) >= 11 is 0. The van der Waals surface area contributed by atoms with Crippen LogP contribution in [0.5, 0.6) is 0 Å². The summed E-state index contributed by atoms with van der Waals surface area (Å²) in [5.41, 5.74) is 0. The maximum atomic E-state index is 8.65. The second-order valence-corrected chi connectivity index (χ2v) is 2.75. The van der Waals surface area contributed by atoms with Crippen molar-refractivity contribution < 1.29 is 37.8 Å². The van der Waals surface area contributed by atoms with Crippen LogP contribution in [-0.2, 0) is 32.7 Å². The van der Waals surface area contributed by atoms with Crippen LogP contribution in [0.4, 0.5) is 0 Å². The molecule has 0 bridgehead atoms. The maximum absolute atomic E-state index is 8.65. The normalized spacial score (nSPS) is 34.0. The molecule has 0 heterocycles. The van der Waals surface area contributed by atoms with Crippen molar-refractivity contribution in [2.45, 2.75) is 19.8 Å². The van der Waals surface area contributed by atoms with Crippen LogP contribution in [0.1, 0.15) is 19.8 Å². The number of aliphatic hydroxyl groups is 1. The van der Waals surface area contributed by atoms with Gasteiger partial charge in [-0.05, 0) is 0 Å². The van der Waals surface area contributed by atoms with Crippen molar-refractivity contribution >= 4 is 0 Å². The number of hydrogen-bond donors (Lipinski definition) is 1. The van der Waals surface area contributed by atoms with Gasteiger partial charge in [-0.1, -0.05) is 19.3 Å². The molecule has 1 rings (SSSR count). The van der Waals surface area contributed by atoms with Gasteiger partial charge in [-0.2, -0.15) is 6.42 Å². The van der Waals surface area contributed by atoms with Gasteiger partial charge in [0.1, 0.15) is 0 Å². The Balaban J connectivity index is 0.000000640. The Kier molecular flexibility index (Phi) is 5.38. The molecule has 2 unspecified atom stereocenters. The molecular weight excluding hydrogens is 189 g/mol. The van der Waals surface area contributed by atoms with Crippen molar-refractivity contribution in [3.8, 4) is 0 Å². The molecule has 2 heteroatoms. The Hall–Kier alpha value is 1.06. The molecule has 0 aromatic rings. The Morgan fingerprint density at radius 3 is 2.56 bits per heavy atom. The van der Waals surface area contributed by atoms with Crippen molar-refractivity contribution in [1.82, 2.24) is 0 Å². The van der Waals surface area contributed by atoms with Crippen LogP contribution in [0.15, 0.2) is 0 Å². The van der Waals surface area contributed by atoms with Crippen LogP contribution >= 0.6 is 0 Å². The molecular formula is C7H13OY+2. The minimum atomic E-state index is 0. The minimum Gasteiger partial charge on any atom is -0.399 e. The first-order valence-electron chi connectivity index (χ1n) is 3.27. The van der Waals surface area contributed by atoms with Gasteiger partial charge in [-0.3, -0.25) is 0 Å². The molecule has 0 spiro atoms. The van der Waals surface area contributed by atoms with Crippen LogP contribution in [0.25, 0.3) is 0 Å². The summed E-state index contributed by atoms with van der Waals surface area (Å²) in [6.45, 7) is 2.58. The van der Waals surface area contributed by atoms with E-state index in [-0.39, 0.29) is 32.7 Å². The first-order valence-corrected chi connectivity index (χ1v) is 3.27. The summed E-state index contributed by atoms with van der Waals surface area (Å²) < 4.78 is 0. The molecule has 0 aromatic heterocycles. The fourth-order valence-corrected chi connectivity index (χ4v) is 1.28. The van der Waals surface area contributed by atoms with Gasteiger partial charge >= 0.3 is 32.7 Å². The SMILES string of the molecule is CC1C[CH-]C(CO)C1.[Y+3]. The molecule has 1 fully saturated rings. The Morgan fingerprint density at radius 2 is 2.33 bits per heavy atom. The molecule has 1 saturated carbocycles. The molecule has 1 aliphatic carbocycles. The van der Waals surface area contributed by atoms with Crippen LogP contribution in [-0.4, -0.2) is 11.7 Å². The first-order chi connectivity index (χ1) is 3.83. The third-order valence-electron chi connectivity index (χ3n) is 1.81. The quantitative estimate of drug-likeness (QED) is 0.634. The molecule has 0 aromatic carbocycles. The third-order valence-corrected chi connectivity index (χ3v) is 1.81. The van der Waals surface area contributed by atoms with Crippen molar-refractivity contribution in [3.63, 3.8) is 0 Å². The predicted molar refractivity (Wildman–Crippen MR) is 33.3 cm³/mol. The van der Waals surface area contributed by atoms with Crippen LogP contribution in [0, 0.1) is 18.3 Å². The first kappa shape index (κ1) is 10.1. The molecule has 0 radical (unpaired) electrons. The average molecular weight is 202 g/mol. The number of hydrogen-bond acceptors (Lipinski definition) is 1. The second kappa shape index (κ2) is 4.81. The molecule has 1 N–H and O–H groups in total. The van der Waals surface area contributed by atoms with Crippen LogP contribution < -0.4 is 0 Å². The molecule has 1 nitrogen and oxygen atoms in total. The van der Waals surface area contributed by atoms with E-state index in [1.54, 1.807) is 0 Å². The van der Waals surface area contributed by atoms with E-state index >= 15 is 0 Å². The van der Waals surface area contributed by atoms with E-state index in [9.17, 15) is 0 Å². The Morgan fingerprint density at radius 1 is 1.67 bits per heavy atom. The second-order valence-electron chi connectivity index (χ2n) is 2.75. The molecule has 2 atom stereocenters. The standard InChI is InChI=1S/C7H13O.Y/c1-6-2-3-7(4-6)5-8;/h3,6-8H,2,4-5H2,1H3;/q-1;+3. The van der Waals surface area contributed by atoms with Crippen molar-refractivity contribution in [1.29, 1.82) is 0 Å². The molecule has 1 aliphatic rings. The van der Waals surface area contributed by atoms with Gasteiger partial charge in [0.25, 0.3) is 0 Å².